The van der Waals surface area contributed by atoms with Gasteiger partial charge < -0.3 is 10.6 Å². The van der Waals surface area contributed by atoms with Gasteiger partial charge in [-0.25, -0.2) is 0 Å². The van der Waals surface area contributed by atoms with Crippen LogP contribution in [0.1, 0.15) is 58.3 Å². The fourth-order valence-corrected chi connectivity index (χ4v) is 2.15. The summed E-state index contributed by atoms with van der Waals surface area (Å²) in [5.74, 6) is 0.200. The zero-order chi connectivity index (χ0) is 11.6. The number of amides is 1. The Balaban J connectivity index is 1.88. The standard InChI is InChI=1S/C13H26N2O/c1-2-3-4-5-6-7-10-15-13(16)12-9-8-11-14-12/h12,14H,2-11H2,1H3,(H,15,16)/t12-/m0/s1. The predicted octanol–water partition coefficient (Wildman–Crippen LogP) is 2.22. The maximum absolute atomic E-state index is 11.6. The van der Waals surface area contributed by atoms with Gasteiger partial charge >= 0.3 is 0 Å². The molecule has 3 heteroatoms. The Morgan fingerprint density at radius 3 is 2.69 bits per heavy atom. The first kappa shape index (κ1) is 13.5. The van der Waals surface area contributed by atoms with Crippen molar-refractivity contribution in [1.82, 2.24) is 10.6 Å². The lowest BCUT2D eigenvalue weighted by Gasteiger charge is -2.10. The smallest absolute Gasteiger partial charge is 0.237 e. The molecule has 1 amide bonds. The molecule has 0 aromatic rings. The van der Waals surface area contributed by atoms with Crippen LogP contribution in [0.4, 0.5) is 0 Å². The highest BCUT2D eigenvalue weighted by Crippen LogP contribution is 2.06. The topological polar surface area (TPSA) is 41.1 Å². The van der Waals surface area contributed by atoms with Crippen molar-refractivity contribution in [3.8, 4) is 0 Å². The van der Waals surface area contributed by atoms with Gasteiger partial charge in [-0.1, -0.05) is 39.0 Å². The van der Waals surface area contributed by atoms with E-state index in [-0.39, 0.29) is 11.9 Å². The van der Waals surface area contributed by atoms with Gasteiger partial charge in [-0.2, -0.15) is 0 Å². The Morgan fingerprint density at radius 2 is 2.00 bits per heavy atom. The van der Waals surface area contributed by atoms with E-state index in [9.17, 15) is 4.79 Å². The van der Waals surface area contributed by atoms with E-state index in [2.05, 4.69) is 17.6 Å². The summed E-state index contributed by atoms with van der Waals surface area (Å²) in [7, 11) is 0. The third-order valence-electron chi connectivity index (χ3n) is 3.21. The van der Waals surface area contributed by atoms with Crippen molar-refractivity contribution in [3.63, 3.8) is 0 Å². The third kappa shape index (κ3) is 5.50. The van der Waals surface area contributed by atoms with E-state index in [4.69, 9.17) is 0 Å². The average molecular weight is 226 g/mol. The van der Waals surface area contributed by atoms with Crippen molar-refractivity contribution in [3.05, 3.63) is 0 Å². The minimum atomic E-state index is 0.0834. The first-order valence-corrected chi connectivity index (χ1v) is 6.85. The van der Waals surface area contributed by atoms with E-state index in [1.807, 2.05) is 0 Å². The Hall–Kier alpha value is -0.570. The molecule has 1 saturated heterocycles. The van der Waals surface area contributed by atoms with E-state index in [1.54, 1.807) is 0 Å². The Morgan fingerprint density at radius 1 is 1.25 bits per heavy atom. The fraction of sp³-hybridized carbons (Fsp3) is 0.923. The molecule has 1 aliphatic heterocycles. The molecule has 2 N–H and O–H groups in total. The molecule has 0 saturated carbocycles. The van der Waals surface area contributed by atoms with Crippen molar-refractivity contribution in [2.75, 3.05) is 13.1 Å². The number of hydrogen-bond acceptors (Lipinski definition) is 2. The Labute approximate surface area is 99.4 Å². The van der Waals surface area contributed by atoms with Crippen LogP contribution in [0, 0.1) is 0 Å². The second kappa shape index (κ2) is 8.57. The third-order valence-corrected chi connectivity index (χ3v) is 3.21. The number of carbonyl (C=O) groups excluding carboxylic acids is 1. The van der Waals surface area contributed by atoms with Gasteiger partial charge in [-0.05, 0) is 25.8 Å². The summed E-state index contributed by atoms with van der Waals surface area (Å²) < 4.78 is 0. The summed E-state index contributed by atoms with van der Waals surface area (Å²) in [4.78, 5) is 11.6. The molecule has 0 aromatic heterocycles. The summed E-state index contributed by atoms with van der Waals surface area (Å²) >= 11 is 0. The van der Waals surface area contributed by atoms with Crippen LogP contribution in [0.3, 0.4) is 0 Å². The minimum Gasteiger partial charge on any atom is -0.355 e. The van der Waals surface area contributed by atoms with E-state index in [0.29, 0.717) is 0 Å². The molecule has 1 atom stereocenters. The fourth-order valence-electron chi connectivity index (χ4n) is 2.15. The van der Waals surface area contributed by atoms with Crippen molar-refractivity contribution in [1.29, 1.82) is 0 Å². The van der Waals surface area contributed by atoms with Crippen molar-refractivity contribution in [2.24, 2.45) is 0 Å². The van der Waals surface area contributed by atoms with Crippen LogP contribution in [-0.2, 0) is 4.79 Å². The monoisotopic (exact) mass is 226 g/mol. The molecule has 0 unspecified atom stereocenters. The van der Waals surface area contributed by atoms with Crippen molar-refractivity contribution >= 4 is 5.91 Å². The van der Waals surface area contributed by atoms with Crippen LogP contribution in [0.25, 0.3) is 0 Å². The highest BCUT2D eigenvalue weighted by atomic mass is 16.2. The molecule has 1 fully saturated rings. The molecule has 0 aromatic carbocycles. The molecular weight excluding hydrogens is 200 g/mol. The number of nitrogens with one attached hydrogen (secondary N) is 2. The van der Waals surface area contributed by atoms with Gasteiger partial charge in [0.1, 0.15) is 0 Å². The molecule has 0 radical (unpaired) electrons. The summed E-state index contributed by atoms with van der Waals surface area (Å²) in [6.07, 6.45) is 9.81. The van der Waals surface area contributed by atoms with Gasteiger partial charge in [0.15, 0.2) is 0 Å². The lowest BCUT2D eigenvalue weighted by molar-refractivity contribution is -0.122. The van der Waals surface area contributed by atoms with E-state index < -0.39 is 0 Å². The number of rotatable bonds is 8. The molecule has 3 nitrogen and oxygen atoms in total. The van der Waals surface area contributed by atoms with Crippen LogP contribution >= 0.6 is 0 Å². The van der Waals surface area contributed by atoms with E-state index in [1.165, 1.54) is 32.1 Å². The van der Waals surface area contributed by atoms with Gasteiger partial charge in [0.2, 0.25) is 5.91 Å². The molecule has 94 valence electrons. The first-order valence-electron chi connectivity index (χ1n) is 6.85. The van der Waals surface area contributed by atoms with Crippen LogP contribution in [0.2, 0.25) is 0 Å². The van der Waals surface area contributed by atoms with Crippen molar-refractivity contribution in [2.45, 2.75) is 64.3 Å². The van der Waals surface area contributed by atoms with E-state index >= 15 is 0 Å². The Kier molecular flexibility index (Phi) is 7.23. The summed E-state index contributed by atoms with van der Waals surface area (Å²) in [6.45, 7) is 4.08. The highest BCUT2D eigenvalue weighted by molar-refractivity contribution is 5.81. The number of unbranched alkanes of at least 4 members (excludes halogenated alkanes) is 5. The average Bonchev–Trinajstić information content (AvgIpc) is 2.81. The predicted molar refractivity (Wildman–Crippen MR) is 67.4 cm³/mol. The second-order valence-corrected chi connectivity index (χ2v) is 4.71. The van der Waals surface area contributed by atoms with Gasteiger partial charge in [0, 0.05) is 6.54 Å². The molecular formula is C13H26N2O. The van der Waals surface area contributed by atoms with Gasteiger partial charge in [-0.3, -0.25) is 4.79 Å². The quantitative estimate of drug-likeness (QED) is 0.623. The molecule has 0 spiro atoms. The lowest BCUT2D eigenvalue weighted by Crippen LogP contribution is -2.40. The molecule has 16 heavy (non-hydrogen) atoms. The Bertz CT molecular complexity index is 188. The minimum absolute atomic E-state index is 0.0834. The number of carbonyl (C=O) groups is 1. The first-order chi connectivity index (χ1) is 7.84. The molecule has 1 rings (SSSR count). The largest absolute Gasteiger partial charge is 0.355 e. The molecule has 0 aliphatic carbocycles. The molecule has 1 aliphatic rings. The maximum atomic E-state index is 11.6. The lowest BCUT2D eigenvalue weighted by atomic mass is 10.1. The summed E-state index contributed by atoms with van der Waals surface area (Å²) in [5.41, 5.74) is 0. The summed E-state index contributed by atoms with van der Waals surface area (Å²) in [6, 6.07) is 0.0834. The zero-order valence-electron chi connectivity index (χ0n) is 10.6. The van der Waals surface area contributed by atoms with Crippen LogP contribution in [-0.4, -0.2) is 25.0 Å². The van der Waals surface area contributed by atoms with E-state index in [0.717, 1.165) is 32.4 Å². The molecule has 1 heterocycles. The van der Waals surface area contributed by atoms with Gasteiger partial charge in [0.25, 0.3) is 0 Å². The van der Waals surface area contributed by atoms with Crippen LogP contribution < -0.4 is 10.6 Å². The second-order valence-electron chi connectivity index (χ2n) is 4.71. The van der Waals surface area contributed by atoms with Gasteiger partial charge in [-0.15, -0.1) is 0 Å². The zero-order valence-corrected chi connectivity index (χ0v) is 10.6. The van der Waals surface area contributed by atoms with Crippen molar-refractivity contribution < 1.29 is 4.79 Å². The maximum Gasteiger partial charge on any atom is 0.237 e. The van der Waals surface area contributed by atoms with Gasteiger partial charge in [0.05, 0.1) is 6.04 Å². The SMILES string of the molecule is CCCCCCCCNC(=O)[C@@H]1CCCN1. The number of hydrogen-bond donors (Lipinski definition) is 2. The summed E-state index contributed by atoms with van der Waals surface area (Å²) in [5, 5.41) is 6.23. The normalized spacial score (nSPS) is 19.9. The highest BCUT2D eigenvalue weighted by Gasteiger charge is 2.20. The van der Waals surface area contributed by atoms with Crippen LogP contribution in [0.15, 0.2) is 0 Å². The molecule has 0 bridgehead atoms. The van der Waals surface area contributed by atoms with Crippen LogP contribution in [0.5, 0.6) is 0 Å².